The predicted molar refractivity (Wildman–Crippen MR) is 78.4 cm³/mol. The maximum atomic E-state index is 12.0. The Morgan fingerprint density at radius 3 is 2.15 bits per heavy atom. The quantitative estimate of drug-likeness (QED) is 0.837. The molecule has 0 aliphatic rings. The van der Waals surface area contributed by atoms with Gasteiger partial charge in [-0.05, 0) is 36.8 Å². The van der Waals surface area contributed by atoms with Gasteiger partial charge in [-0.15, -0.1) is 0 Å². The van der Waals surface area contributed by atoms with Crippen LogP contribution in [0, 0.1) is 0 Å². The van der Waals surface area contributed by atoms with Crippen molar-refractivity contribution in [1.82, 2.24) is 0 Å². The van der Waals surface area contributed by atoms with Gasteiger partial charge in [0, 0.05) is 11.3 Å². The molecule has 0 bridgehead atoms. The molecule has 1 atom stereocenters. The molecule has 20 heavy (non-hydrogen) atoms. The van der Waals surface area contributed by atoms with E-state index in [0.29, 0.717) is 11.3 Å². The van der Waals surface area contributed by atoms with Gasteiger partial charge in [0.05, 0.1) is 0 Å². The first-order valence-corrected chi connectivity index (χ1v) is 6.30. The second kappa shape index (κ2) is 6.12. The molecule has 0 spiro atoms. The van der Waals surface area contributed by atoms with Gasteiger partial charge >= 0.3 is 0 Å². The average molecular weight is 268 g/mol. The smallest absolute Gasteiger partial charge is 0.245 e. The maximum absolute atomic E-state index is 12.0. The largest absolute Gasteiger partial charge is 0.324 e. The number of Topliss-reactive ketones (excluding diaryl/α,β-unsaturated/α-hetero) is 1. The van der Waals surface area contributed by atoms with Gasteiger partial charge < -0.3 is 11.1 Å². The number of hydrogen-bond acceptors (Lipinski definition) is 3. The fraction of sp³-hybridized carbons (Fsp3) is 0.125. The number of anilines is 1. The first-order valence-electron chi connectivity index (χ1n) is 6.30. The van der Waals surface area contributed by atoms with Gasteiger partial charge in [0.25, 0.3) is 0 Å². The summed E-state index contributed by atoms with van der Waals surface area (Å²) in [7, 11) is 0. The van der Waals surface area contributed by atoms with Crippen molar-refractivity contribution in [2.75, 3.05) is 5.32 Å². The minimum atomic E-state index is -0.719. The van der Waals surface area contributed by atoms with E-state index in [-0.39, 0.29) is 11.7 Å². The highest BCUT2D eigenvalue weighted by Gasteiger charge is 2.15. The number of rotatable bonds is 4. The number of nitrogens with one attached hydrogen (secondary N) is 1. The SMILES string of the molecule is CC(=O)c1ccc(NC(=O)C(N)c2ccccc2)cc1. The highest BCUT2D eigenvalue weighted by molar-refractivity contribution is 5.97. The first kappa shape index (κ1) is 14.0. The number of ketones is 1. The normalized spacial score (nSPS) is 11.7. The molecule has 1 amide bonds. The van der Waals surface area contributed by atoms with E-state index in [9.17, 15) is 9.59 Å². The molecule has 0 radical (unpaired) electrons. The Labute approximate surface area is 117 Å². The maximum Gasteiger partial charge on any atom is 0.245 e. The average Bonchev–Trinajstić information content (AvgIpc) is 2.48. The van der Waals surface area contributed by atoms with Crippen LogP contribution >= 0.6 is 0 Å². The van der Waals surface area contributed by atoms with Gasteiger partial charge in [-0.1, -0.05) is 30.3 Å². The van der Waals surface area contributed by atoms with Gasteiger partial charge in [-0.3, -0.25) is 9.59 Å². The second-order valence-electron chi connectivity index (χ2n) is 4.51. The molecule has 2 rings (SSSR count). The van der Waals surface area contributed by atoms with Crippen LogP contribution in [0.3, 0.4) is 0 Å². The number of benzene rings is 2. The van der Waals surface area contributed by atoms with E-state index in [2.05, 4.69) is 5.32 Å². The van der Waals surface area contributed by atoms with Crippen molar-refractivity contribution in [3.05, 3.63) is 65.7 Å². The van der Waals surface area contributed by atoms with Crippen LogP contribution in [0.2, 0.25) is 0 Å². The molecule has 0 aromatic heterocycles. The molecule has 1 unspecified atom stereocenters. The van der Waals surface area contributed by atoms with Gasteiger partial charge in [-0.2, -0.15) is 0 Å². The molecular weight excluding hydrogens is 252 g/mol. The monoisotopic (exact) mass is 268 g/mol. The third kappa shape index (κ3) is 3.30. The van der Waals surface area contributed by atoms with Crippen LogP contribution in [0.5, 0.6) is 0 Å². The number of hydrogen-bond donors (Lipinski definition) is 2. The lowest BCUT2D eigenvalue weighted by Crippen LogP contribution is -2.27. The molecule has 2 aromatic carbocycles. The zero-order chi connectivity index (χ0) is 14.5. The molecule has 4 nitrogen and oxygen atoms in total. The molecule has 0 saturated heterocycles. The van der Waals surface area contributed by atoms with Crippen molar-refractivity contribution >= 4 is 17.4 Å². The van der Waals surface area contributed by atoms with E-state index in [0.717, 1.165) is 5.56 Å². The van der Waals surface area contributed by atoms with Crippen LogP contribution in [-0.4, -0.2) is 11.7 Å². The molecule has 0 saturated carbocycles. The van der Waals surface area contributed by atoms with Gasteiger partial charge in [-0.25, -0.2) is 0 Å². The van der Waals surface area contributed by atoms with Crippen molar-refractivity contribution in [1.29, 1.82) is 0 Å². The molecular formula is C16H16N2O2. The van der Waals surface area contributed by atoms with E-state index in [1.807, 2.05) is 30.3 Å². The van der Waals surface area contributed by atoms with E-state index >= 15 is 0 Å². The second-order valence-corrected chi connectivity index (χ2v) is 4.51. The number of amides is 1. The fourth-order valence-corrected chi connectivity index (χ4v) is 1.82. The Morgan fingerprint density at radius 2 is 1.60 bits per heavy atom. The molecule has 0 aliphatic heterocycles. The summed E-state index contributed by atoms with van der Waals surface area (Å²) in [5, 5.41) is 2.73. The number of carbonyl (C=O) groups is 2. The summed E-state index contributed by atoms with van der Waals surface area (Å²) in [6.45, 7) is 1.50. The summed E-state index contributed by atoms with van der Waals surface area (Å²) < 4.78 is 0. The lowest BCUT2D eigenvalue weighted by atomic mass is 10.1. The molecule has 102 valence electrons. The van der Waals surface area contributed by atoms with Crippen LogP contribution < -0.4 is 11.1 Å². The van der Waals surface area contributed by atoms with Crippen LogP contribution in [0.4, 0.5) is 5.69 Å². The molecule has 0 heterocycles. The summed E-state index contributed by atoms with van der Waals surface area (Å²) >= 11 is 0. The van der Waals surface area contributed by atoms with Gasteiger partial charge in [0.2, 0.25) is 5.91 Å². The highest BCUT2D eigenvalue weighted by Crippen LogP contribution is 2.14. The summed E-state index contributed by atoms with van der Waals surface area (Å²) in [5.41, 5.74) is 7.88. The zero-order valence-corrected chi connectivity index (χ0v) is 11.2. The van der Waals surface area contributed by atoms with Gasteiger partial charge in [0.1, 0.15) is 6.04 Å². The molecule has 3 N–H and O–H groups in total. The molecule has 4 heteroatoms. The van der Waals surface area contributed by atoms with E-state index in [1.165, 1.54) is 6.92 Å². The van der Waals surface area contributed by atoms with Crippen molar-refractivity contribution in [3.8, 4) is 0 Å². The number of nitrogens with two attached hydrogens (primary N) is 1. The molecule has 2 aromatic rings. The van der Waals surface area contributed by atoms with E-state index in [1.54, 1.807) is 24.3 Å². The Hall–Kier alpha value is -2.46. The van der Waals surface area contributed by atoms with Crippen LogP contribution in [0.25, 0.3) is 0 Å². The Kier molecular flexibility index (Phi) is 4.27. The Bertz CT molecular complexity index is 606. The van der Waals surface area contributed by atoms with Crippen molar-refractivity contribution in [2.45, 2.75) is 13.0 Å². The summed E-state index contributed by atoms with van der Waals surface area (Å²) in [6, 6.07) is 15.2. The van der Waals surface area contributed by atoms with E-state index in [4.69, 9.17) is 5.73 Å². The van der Waals surface area contributed by atoms with E-state index < -0.39 is 6.04 Å². The van der Waals surface area contributed by atoms with Crippen LogP contribution in [0.1, 0.15) is 28.9 Å². The minimum Gasteiger partial charge on any atom is -0.324 e. The van der Waals surface area contributed by atoms with Crippen LogP contribution in [0.15, 0.2) is 54.6 Å². The minimum absolute atomic E-state index is 0.0103. The highest BCUT2D eigenvalue weighted by atomic mass is 16.2. The van der Waals surface area contributed by atoms with Crippen molar-refractivity contribution in [2.24, 2.45) is 5.73 Å². The topological polar surface area (TPSA) is 72.2 Å². The Morgan fingerprint density at radius 1 is 1.00 bits per heavy atom. The summed E-state index contributed by atoms with van der Waals surface area (Å²) in [5.74, 6) is -0.296. The molecule has 0 aliphatic carbocycles. The number of carbonyl (C=O) groups excluding carboxylic acids is 2. The van der Waals surface area contributed by atoms with Crippen LogP contribution in [-0.2, 0) is 4.79 Å². The summed E-state index contributed by atoms with van der Waals surface area (Å²) in [6.07, 6.45) is 0. The Balaban J connectivity index is 2.06. The summed E-state index contributed by atoms with van der Waals surface area (Å²) in [4.78, 5) is 23.2. The van der Waals surface area contributed by atoms with Crippen molar-refractivity contribution < 1.29 is 9.59 Å². The molecule has 0 fully saturated rings. The third-order valence-corrected chi connectivity index (χ3v) is 3.00. The lowest BCUT2D eigenvalue weighted by Gasteiger charge is -2.12. The fourth-order valence-electron chi connectivity index (χ4n) is 1.82. The third-order valence-electron chi connectivity index (χ3n) is 3.00. The predicted octanol–water partition coefficient (Wildman–Crippen LogP) is 2.53. The first-order chi connectivity index (χ1) is 9.58. The van der Waals surface area contributed by atoms with Crippen molar-refractivity contribution in [3.63, 3.8) is 0 Å². The van der Waals surface area contributed by atoms with Gasteiger partial charge in [0.15, 0.2) is 5.78 Å². The standard InChI is InChI=1S/C16H16N2O2/c1-11(19)12-7-9-14(10-8-12)18-16(20)15(17)13-5-3-2-4-6-13/h2-10,15H,17H2,1H3,(H,18,20). The lowest BCUT2D eigenvalue weighted by molar-refractivity contribution is -0.117. The zero-order valence-electron chi connectivity index (χ0n) is 11.2.